The summed E-state index contributed by atoms with van der Waals surface area (Å²) in [6.07, 6.45) is 10.1. The third-order valence-corrected chi connectivity index (χ3v) is 14.6. The van der Waals surface area contributed by atoms with Crippen molar-refractivity contribution in [3.63, 3.8) is 0 Å². The smallest absolute Gasteiger partial charge is 0.338 e. The first-order chi connectivity index (χ1) is 26.4. The number of nitrogens with one attached hydrogen (secondary N) is 1. The maximum Gasteiger partial charge on any atom is 0.338 e. The summed E-state index contributed by atoms with van der Waals surface area (Å²) in [6, 6.07) is 14.7. The van der Waals surface area contributed by atoms with Gasteiger partial charge in [-0.3, -0.25) is 4.79 Å². The molecule has 0 unspecified atom stereocenters. The SMILES string of the molecule is CO[C@@]1(CC(=O)On2nnc3cccnc32)/C=C/C[C@H](C)[C@@H](C)S(=O)(=O)NC(=O)c2ccc3c(c2)N(C[C@@H]2CC[C@H]21)C[C@@]1(CCCc2cc(Cl)ccc21)CO3. The fourth-order valence-corrected chi connectivity index (χ4v) is 10.5. The molecular weight excluding hydrogens is 744 g/mol. The van der Waals surface area contributed by atoms with Crippen LogP contribution in [-0.2, 0) is 31.4 Å². The second-order valence-corrected chi connectivity index (χ2v) is 18.1. The quantitative estimate of drug-likeness (QED) is 0.207. The van der Waals surface area contributed by atoms with Crippen molar-refractivity contribution in [3.05, 3.63) is 88.6 Å². The zero-order valence-electron chi connectivity index (χ0n) is 31.1. The van der Waals surface area contributed by atoms with E-state index in [1.807, 2.05) is 31.2 Å². The second kappa shape index (κ2) is 14.5. The lowest BCUT2D eigenvalue weighted by atomic mass is 9.63. The molecule has 2 aromatic carbocycles. The van der Waals surface area contributed by atoms with Crippen LogP contribution in [0.1, 0.15) is 73.9 Å². The predicted octanol–water partition coefficient (Wildman–Crippen LogP) is 5.45. The number of aromatic nitrogens is 4. The maximum absolute atomic E-state index is 13.8. The number of rotatable bonds is 4. The molecule has 13 nitrogen and oxygen atoms in total. The topological polar surface area (TPSA) is 155 Å². The number of allylic oxidation sites excluding steroid dienone is 1. The molecule has 2 bridgehead atoms. The van der Waals surface area contributed by atoms with E-state index in [2.05, 4.69) is 31.0 Å². The molecule has 1 spiro atoms. The summed E-state index contributed by atoms with van der Waals surface area (Å²) in [5, 5.41) is 7.84. The number of methoxy groups -OCH3 is 1. The number of aryl methyl sites for hydroxylation is 1. The van der Waals surface area contributed by atoms with Gasteiger partial charge in [-0.05, 0) is 127 Å². The Hall–Kier alpha value is -4.53. The highest BCUT2D eigenvalue weighted by molar-refractivity contribution is 7.90. The van der Waals surface area contributed by atoms with E-state index < -0.39 is 32.8 Å². The number of halogens is 1. The molecule has 2 aromatic heterocycles. The van der Waals surface area contributed by atoms with Crippen molar-refractivity contribution in [2.75, 3.05) is 31.7 Å². The van der Waals surface area contributed by atoms with Gasteiger partial charge < -0.3 is 19.2 Å². The summed E-state index contributed by atoms with van der Waals surface area (Å²) in [5.74, 6) is -1.05. The number of fused-ring (bicyclic) bond motifs is 5. The summed E-state index contributed by atoms with van der Waals surface area (Å²) >= 11 is 6.47. The summed E-state index contributed by atoms with van der Waals surface area (Å²) in [5.41, 5.74) is 2.69. The van der Waals surface area contributed by atoms with Crippen molar-refractivity contribution in [2.24, 2.45) is 17.8 Å². The molecule has 1 N–H and O–H groups in total. The fourth-order valence-electron chi connectivity index (χ4n) is 9.00. The maximum atomic E-state index is 13.8. The summed E-state index contributed by atoms with van der Waals surface area (Å²) < 4.78 is 42.5. The number of benzene rings is 2. The summed E-state index contributed by atoms with van der Waals surface area (Å²) in [6.45, 7) is 5.02. The molecule has 1 saturated carbocycles. The molecule has 1 fully saturated rings. The fraction of sp³-hybridized carbons (Fsp3) is 0.475. The van der Waals surface area contributed by atoms with Gasteiger partial charge in [-0.15, -0.1) is 5.10 Å². The van der Waals surface area contributed by atoms with E-state index in [4.69, 9.17) is 25.9 Å². The Morgan fingerprint density at radius 2 is 2.00 bits per heavy atom. The van der Waals surface area contributed by atoms with Crippen LogP contribution in [0.15, 0.2) is 66.9 Å². The van der Waals surface area contributed by atoms with Crippen LogP contribution in [0.2, 0.25) is 5.02 Å². The van der Waals surface area contributed by atoms with Crippen LogP contribution >= 0.6 is 11.6 Å². The van der Waals surface area contributed by atoms with Gasteiger partial charge in [0, 0.05) is 42.4 Å². The Bertz CT molecular complexity index is 2280. The number of nitrogens with zero attached hydrogens (tertiary/aromatic N) is 5. The Balaban J connectivity index is 1.19. The molecule has 55 heavy (non-hydrogen) atoms. The molecule has 6 atom stereocenters. The summed E-state index contributed by atoms with van der Waals surface area (Å²) in [7, 11) is -2.46. The molecule has 0 radical (unpaired) electrons. The first-order valence-corrected chi connectivity index (χ1v) is 20.8. The predicted molar refractivity (Wildman–Crippen MR) is 206 cm³/mol. The average molecular weight is 789 g/mol. The highest BCUT2D eigenvalue weighted by Gasteiger charge is 2.50. The minimum Gasteiger partial charge on any atom is -0.490 e. The lowest BCUT2D eigenvalue weighted by Crippen LogP contribution is -2.54. The van der Waals surface area contributed by atoms with E-state index in [0.717, 1.165) is 36.9 Å². The number of pyridine rings is 1. The van der Waals surface area contributed by atoms with Gasteiger partial charge in [-0.1, -0.05) is 36.7 Å². The molecular formula is C40H45ClN6O7S. The minimum atomic E-state index is -4.06. The molecule has 8 rings (SSSR count). The van der Waals surface area contributed by atoms with Crippen LogP contribution in [0.5, 0.6) is 5.75 Å². The van der Waals surface area contributed by atoms with E-state index in [9.17, 15) is 18.0 Å². The Labute approximate surface area is 325 Å². The van der Waals surface area contributed by atoms with E-state index in [0.29, 0.717) is 53.7 Å². The number of anilines is 1. The van der Waals surface area contributed by atoms with Crippen molar-refractivity contribution in [2.45, 2.75) is 75.1 Å². The third-order valence-electron chi connectivity index (χ3n) is 12.4. The minimum absolute atomic E-state index is 0.0738. The first kappa shape index (κ1) is 37.4. The molecule has 4 aromatic rings. The van der Waals surface area contributed by atoms with E-state index in [1.54, 1.807) is 50.6 Å². The summed E-state index contributed by atoms with van der Waals surface area (Å²) in [4.78, 5) is 40.8. The molecule has 4 heterocycles. The number of carbonyl (C=O) groups is 2. The van der Waals surface area contributed by atoms with Gasteiger partial charge in [-0.25, -0.2) is 22.9 Å². The van der Waals surface area contributed by atoms with Crippen molar-refractivity contribution >= 4 is 50.4 Å². The van der Waals surface area contributed by atoms with Gasteiger partial charge in [0.25, 0.3) is 5.91 Å². The normalized spacial score (nSPS) is 29.5. The molecule has 0 saturated heterocycles. The van der Waals surface area contributed by atoms with Gasteiger partial charge in [0.05, 0.1) is 29.6 Å². The molecule has 2 aliphatic heterocycles. The largest absolute Gasteiger partial charge is 0.490 e. The number of amides is 1. The van der Waals surface area contributed by atoms with Crippen molar-refractivity contribution in [1.82, 2.24) is 24.9 Å². The number of sulfonamides is 1. The molecule has 2 aliphatic carbocycles. The third kappa shape index (κ3) is 6.97. The number of carbonyl (C=O) groups excluding carboxylic acids is 2. The highest BCUT2D eigenvalue weighted by atomic mass is 35.5. The number of hydrogen-bond acceptors (Lipinski definition) is 11. The average Bonchev–Trinajstić information content (AvgIpc) is 3.49. The van der Waals surface area contributed by atoms with Gasteiger partial charge in [0.1, 0.15) is 11.3 Å². The number of hydrogen-bond donors (Lipinski definition) is 1. The van der Waals surface area contributed by atoms with Crippen LogP contribution in [0, 0.1) is 17.8 Å². The first-order valence-electron chi connectivity index (χ1n) is 18.9. The van der Waals surface area contributed by atoms with E-state index in [1.165, 1.54) is 11.1 Å². The molecule has 290 valence electrons. The van der Waals surface area contributed by atoms with Crippen LogP contribution < -0.4 is 19.2 Å². The highest BCUT2D eigenvalue weighted by Crippen LogP contribution is 2.50. The zero-order chi connectivity index (χ0) is 38.5. The van der Waals surface area contributed by atoms with Crippen molar-refractivity contribution in [1.29, 1.82) is 0 Å². The monoisotopic (exact) mass is 788 g/mol. The molecule has 15 heteroatoms. The second-order valence-electron chi connectivity index (χ2n) is 15.6. The lowest BCUT2D eigenvalue weighted by molar-refractivity contribution is -0.156. The van der Waals surface area contributed by atoms with E-state index in [-0.39, 0.29) is 35.2 Å². The van der Waals surface area contributed by atoms with Gasteiger partial charge >= 0.3 is 5.97 Å². The Kier molecular flexibility index (Phi) is 9.87. The molecule has 1 amide bonds. The van der Waals surface area contributed by atoms with Crippen molar-refractivity contribution < 1.29 is 32.3 Å². The van der Waals surface area contributed by atoms with Crippen LogP contribution in [0.4, 0.5) is 5.69 Å². The molecule has 4 aliphatic rings. The van der Waals surface area contributed by atoms with E-state index >= 15 is 0 Å². The standard InChI is InChI=1S/C40H45ClN6O7S/c1-25-7-4-17-40(52-3,21-36(48)54-47-37-33(43-45-47)9-6-18-42-37)32-13-10-29(32)22-46-23-39(16-5-8-27-19-30(41)12-14-31(27)39)24-53-35-15-11-28(20-34(35)46)38(49)44-55(50,51)26(25)2/h4,6,9,11-12,14-15,17-20,25-26,29,32H,5,7-8,10,13,16,21-24H2,1-3H3,(H,44,49)/b17-4+/t25-,26+,29-,32+,39-,40+/m0/s1. The van der Waals surface area contributed by atoms with Crippen molar-refractivity contribution in [3.8, 4) is 5.75 Å². The zero-order valence-corrected chi connectivity index (χ0v) is 32.7. The van der Waals surface area contributed by atoms with Gasteiger partial charge in [0.15, 0.2) is 0 Å². The van der Waals surface area contributed by atoms with Gasteiger partial charge in [0.2, 0.25) is 15.7 Å². The Morgan fingerprint density at radius 3 is 2.80 bits per heavy atom. The number of ether oxygens (including phenoxy) is 2. The van der Waals surface area contributed by atoms with Crippen LogP contribution in [0.3, 0.4) is 0 Å². The van der Waals surface area contributed by atoms with Crippen LogP contribution in [0.25, 0.3) is 11.2 Å². The Morgan fingerprint density at radius 1 is 1.15 bits per heavy atom. The van der Waals surface area contributed by atoms with Crippen LogP contribution in [-0.4, -0.2) is 78.1 Å². The van der Waals surface area contributed by atoms with Gasteiger partial charge in [-0.2, -0.15) is 0 Å². The lowest BCUT2D eigenvalue weighted by Gasteiger charge is -2.50.